The molecule has 198 valence electrons. The second-order valence-corrected chi connectivity index (χ2v) is 9.47. The predicted octanol–water partition coefficient (Wildman–Crippen LogP) is 5.38. The second-order valence-electron chi connectivity index (χ2n) is 9.47. The number of anilines is 1. The van der Waals surface area contributed by atoms with E-state index in [1.807, 2.05) is 0 Å². The van der Waals surface area contributed by atoms with Gasteiger partial charge >= 0.3 is 12.1 Å². The maximum Gasteiger partial charge on any atom is 0.413 e. The number of hydrogen-bond acceptors (Lipinski definition) is 8. The highest BCUT2D eigenvalue weighted by atomic mass is 16.6. The minimum absolute atomic E-state index is 0.0434. The molecule has 4 rings (SSSR count). The first kappa shape index (κ1) is 26.5. The molecule has 10 nitrogen and oxygen atoms in total. The fourth-order valence-corrected chi connectivity index (χ4v) is 4.17. The number of esters is 1. The summed E-state index contributed by atoms with van der Waals surface area (Å²) in [5.41, 5.74) is 2.17. The van der Waals surface area contributed by atoms with Crippen LogP contribution in [0.15, 0.2) is 54.9 Å². The quantitative estimate of drug-likeness (QED) is 0.312. The van der Waals surface area contributed by atoms with Crippen LogP contribution < -0.4 is 10.1 Å². The number of amides is 1. The van der Waals surface area contributed by atoms with E-state index in [1.54, 1.807) is 87.1 Å². The zero-order chi connectivity index (χ0) is 27.4. The smallest absolute Gasteiger partial charge is 0.413 e. The standard InChI is InChI=1S/C28H30N4O6/c1-6-37-26(34)24-23(19-8-7-12-30-25(19)36-5)20-15-18(33)9-10-21(20)32(24)16-17-11-13-29-22(14-17)31-27(35)38-28(2,3)4/h7-15,33H,6,16H2,1-5H3,(H,29,31,35). The van der Waals surface area contributed by atoms with Crippen molar-refractivity contribution in [3.8, 4) is 22.8 Å². The van der Waals surface area contributed by atoms with Gasteiger partial charge in [0, 0.05) is 41.0 Å². The van der Waals surface area contributed by atoms with Crippen LogP contribution in [0.1, 0.15) is 43.7 Å². The minimum atomic E-state index is -0.657. The van der Waals surface area contributed by atoms with Gasteiger partial charge in [-0.25, -0.2) is 19.6 Å². The number of phenols is 1. The van der Waals surface area contributed by atoms with Crippen LogP contribution in [0.3, 0.4) is 0 Å². The minimum Gasteiger partial charge on any atom is -0.508 e. The van der Waals surface area contributed by atoms with Gasteiger partial charge in [0.15, 0.2) is 0 Å². The molecule has 0 bridgehead atoms. The van der Waals surface area contributed by atoms with Gasteiger partial charge in [0.05, 0.1) is 13.7 Å². The molecule has 0 unspecified atom stereocenters. The molecule has 0 aliphatic heterocycles. The van der Waals surface area contributed by atoms with Crippen LogP contribution in [-0.4, -0.2) is 51.0 Å². The van der Waals surface area contributed by atoms with Crippen LogP contribution >= 0.6 is 0 Å². The van der Waals surface area contributed by atoms with Crippen molar-refractivity contribution in [3.63, 3.8) is 0 Å². The van der Waals surface area contributed by atoms with Crippen molar-refractivity contribution in [3.05, 3.63) is 66.1 Å². The number of carbonyl (C=O) groups excluding carboxylic acids is 2. The van der Waals surface area contributed by atoms with Crippen molar-refractivity contribution in [1.82, 2.24) is 14.5 Å². The summed E-state index contributed by atoms with van der Waals surface area (Å²) in [6, 6.07) is 11.9. The van der Waals surface area contributed by atoms with Gasteiger partial charge in [-0.15, -0.1) is 0 Å². The summed E-state index contributed by atoms with van der Waals surface area (Å²) in [6.45, 7) is 7.47. The van der Waals surface area contributed by atoms with Crippen LogP contribution in [0, 0.1) is 0 Å². The topological polar surface area (TPSA) is 125 Å². The Morgan fingerprint density at radius 2 is 1.87 bits per heavy atom. The maximum absolute atomic E-state index is 13.4. The molecule has 10 heteroatoms. The summed E-state index contributed by atoms with van der Waals surface area (Å²) in [5, 5.41) is 13.6. The molecule has 0 saturated heterocycles. The van der Waals surface area contributed by atoms with E-state index in [0.29, 0.717) is 33.7 Å². The van der Waals surface area contributed by atoms with Gasteiger partial charge in [-0.3, -0.25) is 5.32 Å². The number of fused-ring (bicyclic) bond motifs is 1. The molecule has 0 spiro atoms. The Balaban J connectivity index is 1.86. The maximum atomic E-state index is 13.4. The highest BCUT2D eigenvalue weighted by molar-refractivity contribution is 6.09. The van der Waals surface area contributed by atoms with Gasteiger partial charge in [0.1, 0.15) is 22.9 Å². The summed E-state index contributed by atoms with van der Waals surface area (Å²) in [5.74, 6) is 0.137. The number of nitrogens with one attached hydrogen (secondary N) is 1. The Morgan fingerprint density at radius 3 is 2.58 bits per heavy atom. The predicted molar refractivity (Wildman–Crippen MR) is 143 cm³/mol. The molecule has 0 aliphatic carbocycles. The lowest BCUT2D eigenvalue weighted by molar-refractivity contribution is 0.0515. The molecule has 0 saturated carbocycles. The van der Waals surface area contributed by atoms with Crippen molar-refractivity contribution in [2.45, 2.75) is 39.8 Å². The van der Waals surface area contributed by atoms with Gasteiger partial charge in [0.25, 0.3) is 0 Å². The van der Waals surface area contributed by atoms with Crippen LogP contribution in [0.5, 0.6) is 11.6 Å². The number of rotatable bonds is 7. The van der Waals surface area contributed by atoms with Crippen LogP contribution in [0.4, 0.5) is 10.6 Å². The van der Waals surface area contributed by atoms with Crippen molar-refractivity contribution < 1.29 is 28.9 Å². The van der Waals surface area contributed by atoms with E-state index in [0.717, 1.165) is 5.56 Å². The highest BCUT2D eigenvalue weighted by Crippen LogP contribution is 2.40. The van der Waals surface area contributed by atoms with Gasteiger partial charge < -0.3 is 23.9 Å². The van der Waals surface area contributed by atoms with Gasteiger partial charge in [-0.1, -0.05) is 0 Å². The van der Waals surface area contributed by atoms with Crippen LogP contribution in [0.2, 0.25) is 0 Å². The third kappa shape index (κ3) is 5.69. The normalized spacial score (nSPS) is 11.3. The SMILES string of the molecule is CCOC(=O)c1c(-c2cccnc2OC)c2cc(O)ccc2n1Cc1ccnc(NC(=O)OC(C)(C)C)c1. The number of benzene rings is 1. The van der Waals surface area contributed by atoms with Crippen molar-refractivity contribution >= 4 is 28.8 Å². The third-order valence-electron chi connectivity index (χ3n) is 5.54. The van der Waals surface area contributed by atoms with E-state index in [-0.39, 0.29) is 24.6 Å². The Bertz CT molecular complexity index is 1490. The largest absolute Gasteiger partial charge is 0.508 e. The molecule has 4 aromatic rings. The lowest BCUT2D eigenvalue weighted by Crippen LogP contribution is -2.27. The first-order valence-corrected chi connectivity index (χ1v) is 12.1. The van der Waals surface area contributed by atoms with Gasteiger partial charge in [0.2, 0.25) is 5.88 Å². The fourth-order valence-electron chi connectivity index (χ4n) is 4.17. The van der Waals surface area contributed by atoms with E-state index in [4.69, 9.17) is 14.2 Å². The van der Waals surface area contributed by atoms with E-state index in [9.17, 15) is 14.7 Å². The van der Waals surface area contributed by atoms with Gasteiger partial charge in [-0.05, 0) is 75.7 Å². The lowest BCUT2D eigenvalue weighted by Gasteiger charge is -2.19. The molecule has 2 N–H and O–H groups in total. The van der Waals surface area contributed by atoms with Crippen LogP contribution in [-0.2, 0) is 16.0 Å². The van der Waals surface area contributed by atoms with Crippen LogP contribution in [0.25, 0.3) is 22.0 Å². The summed E-state index contributed by atoms with van der Waals surface area (Å²) in [4.78, 5) is 34.2. The monoisotopic (exact) mass is 518 g/mol. The van der Waals surface area contributed by atoms with E-state index >= 15 is 0 Å². The zero-order valence-corrected chi connectivity index (χ0v) is 21.9. The molecule has 0 radical (unpaired) electrons. The first-order valence-electron chi connectivity index (χ1n) is 12.1. The third-order valence-corrected chi connectivity index (χ3v) is 5.54. The van der Waals surface area contributed by atoms with E-state index in [1.165, 1.54) is 7.11 Å². The summed E-state index contributed by atoms with van der Waals surface area (Å²) in [7, 11) is 1.50. The molecule has 0 fully saturated rings. The number of hydrogen-bond donors (Lipinski definition) is 2. The Kier molecular flexibility index (Phi) is 7.52. The Morgan fingerprint density at radius 1 is 1.08 bits per heavy atom. The molecule has 1 amide bonds. The Hall–Kier alpha value is -4.60. The number of aromatic hydroxyl groups is 1. The molecule has 0 atom stereocenters. The molecule has 3 aromatic heterocycles. The molecule has 1 aromatic carbocycles. The van der Waals surface area contributed by atoms with E-state index in [2.05, 4.69) is 15.3 Å². The first-order chi connectivity index (χ1) is 18.1. The molecular weight excluding hydrogens is 488 g/mol. The molecule has 3 heterocycles. The van der Waals surface area contributed by atoms with Crippen molar-refractivity contribution in [2.24, 2.45) is 0 Å². The number of carbonyl (C=O) groups is 2. The fraction of sp³-hybridized carbons (Fsp3) is 0.286. The molecule has 38 heavy (non-hydrogen) atoms. The average molecular weight is 519 g/mol. The number of aromatic nitrogens is 3. The Labute approximate surface area is 220 Å². The lowest BCUT2D eigenvalue weighted by atomic mass is 10.0. The number of ether oxygens (including phenoxy) is 3. The molecule has 0 aliphatic rings. The highest BCUT2D eigenvalue weighted by Gasteiger charge is 2.27. The van der Waals surface area contributed by atoms with Gasteiger partial charge in [-0.2, -0.15) is 0 Å². The van der Waals surface area contributed by atoms with Crippen molar-refractivity contribution in [2.75, 3.05) is 19.0 Å². The second kappa shape index (κ2) is 10.8. The number of methoxy groups -OCH3 is 1. The number of phenolic OH excluding ortho intramolecular Hbond substituents is 1. The van der Waals surface area contributed by atoms with Crippen molar-refractivity contribution in [1.29, 1.82) is 0 Å². The van der Waals surface area contributed by atoms with E-state index < -0.39 is 17.7 Å². The number of pyridine rings is 2. The average Bonchev–Trinajstić information content (AvgIpc) is 3.16. The zero-order valence-electron chi connectivity index (χ0n) is 21.9. The summed E-state index contributed by atoms with van der Waals surface area (Å²) >= 11 is 0. The summed E-state index contributed by atoms with van der Waals surface area (Å²) < 4.78 is 18.1. The summed E-state index contributed by atoms with van der Waals surface area (Å²) in [6.07, 6.45) is 2.54. The molecular formula is C28H30N4O6. The number of nitrogens with zero attached hydrogens (tertiary/aromatic N) is 3.